The standard InChI is InChI=1S/C15H18F3NO2/c1-19(21-2)13(20)10-14(7-4-8-14)11-5-3-6-12(9-11)15(16,17)18/h3,5-6,9H,4,7-8,10H2,1-2H3. The number of nitrogens with zero attached hydrogens (tertiary/aromatic N) is 1. The molecule has 0 atom stereocenters. The van der Waals surface area contributed by atoms with Gasteiger partial charge in [0, 0.05) is 18.9 Å². The lowest BCUT2D eigenvalue weighted by molar-refractivity contribution is -0.171. The molecular weight excluding hydrogens is 283 g/mol. The van der Waals surface area contributed by atoms with E-state index in [2.05, 4.69) is 0 Å². The van der Waals surface area contributed by atoms with Crippen LogP contribution in [0.2, 0.25) is 0 Å². The Kier molecular flexibility index (Phi) is 4.27. The third-order valence-corrected chi connectivity index (χ3v) is 4.23. The predicted molar refractivity (Wildman–Crippen MR) is 71.4 cm³/mol. The minimum absolute atomic E-state index is 0.165. The summed E-state index contributed by atoms with van der Waals surface area (Å²) in [6, 6.07) is 5.30. The van der Waals surface area contributed by atoms with Gasteiger partial charge in [-0.2, -0.15) is 13.2 Å². The molecule has 0 aromatic heterocycles. The average Bonchev–Trinajstić information content (AvgIpc) is 2.40. The Hall–Kier alpha value is -1.56. The fourth-order valence-corrected chi connectivity index (χ4v) is 2.70. The highest BCUT2D eigenvalue weighted by Crippen LogP contribution is 2.47. The third kappa shape index (κ3) is 3.20. The van der Waals surface area contributed by atoms with E-state index in [-0.39, 0.29) is 12.3 Å². The van der Waals surface area contributed by atoms with E-state index in [0.29, 0.717) is 5.56 Å². The van der Waals surface area contributed by atoms with Gasteiger partial charge in [0.2, 0.25) is 5.91 Å². The fourth-order valence-electron chi connectivity index (χ4n) is 2.70. The molecule has 1 aromatic carbocycles. The molecule has 0 saturated heterocycles. The number of benzene rings is 1. The topological polar surface area (TPSA) is 29.5 Å². The highest BCUT2D eigenvalue weighted by Gasteiger charge is 2.42. The zero-order valence-corrected chi connectivity index (χ0v) is 12.0. The molecule has 1 saturated carbocycles. The van der Waals surface area contributed by atoms with Gasteiger partial charge in [0.15, 0.2) is 0 Å². The van der Waals surface area contributed by atoms with Gasteiger partial charge in [0.05, 0.1) is 12.7 Å². The summed E-state index contributed by atoms with van der Waals surface area (Å²) in [7, 11) is 2.89. The number of hydrogen-bond donors (Lipinski definition) is 0. The van der Waals surface area contributed by atoms with Gasteiger partial charge >= 0.3 is 6.18 Å². The van der Waals surface area contributed by atoms with Crippen LogP contribution >= 0.6 is 0 Å². The molecule has 6 heteroatoms. The van der Waals surface area contributed by atoms with Crippen molar-refractivity contribution in [1.29, 1.82) is 0 Å². The number of hydrogen-bond acceptors (Lipinski definition) is 2. The van der Waals surface area contributed by atoms with Gasteiger partial charge in [0.25, 0.3) is 0 Å². The minimum atomic E-state index is -4.37. The van der Waals surface area contributed by atoms with Crippen molar-refractivity contribution in [2.45, 2.75) is 37.3 Å². The Bertz CT molecular complexity index is 524. The SMILES string of the molecule is CON(C)C(=O)CC1(c2cccc(C(F)(F)F)c2)CCC1. The van der Waals surface area contributed by atoms with E-state index < -0.39 is 17.2 Å². The van der Waals surface area contributed by atoms with Crippen molar-refractivity contribution >= 4 is 5.91 Å². The van der Waals surface area contributed by atoms with Crippen LogP contribution in [0.5, 0.6) is 0 Å². The summed E-state index contributed by atoms with van der Waals surface area (Å²) in [6.45, 7) is 0. The number of carbonyl (C=O) groups is 1. The van der Waals surface area contributed by atoms with E-state index in [1.807, 2.05) is 0 Å². The molecule has 1 aliphatic carbocycles. The van der Waals surface area contributed by atoms with Crippen LogP contribution in [0.3, 0.4) is 0 Å². The first-order chi connectivity index (χ1) is 9.78. The lowest BCUT2D eigenvalue weighted by Gasteiger charge is -2.42. The van der Waals surface area contributed by atoms with E-state index in [0.717, 1.165) is 30.4 Å². The van der Waals surface area contributed by atoms with Crippen molar-refractivity contribution in [3.05, 3.63) is 35.4 Å². The lowest BCUT2D eigenvalue weighted by atomic mass is 9.62. The zero-order chi connectivity index (χ0) is 15.7. The van der Waals surface area contributed by atoms with Crippen molar-refractivity contribution in [3.63, 3.8) is 0 Å². The van der Waals surface area contributed by atoms with Crippen LogP contribution in [-0.4, -0.2) is 25.1 Å². The lowest BCUT2D eigenvalue weighted by Crippen LogP contribution is -2.40. The Labute approximate surface area is 121 Å². The Morgan fingerprint density at radius 3 is 2.52 bits per heavy atom. The van der Waals surface area contributed by atoms with Gasteiger partial charge in [-0.15, -0.1) is 0 Å². The minimum Gasteiger partial charge on any atom is -0.275 e. The average molecular weight is 301 g/mol. The highest BCUT2D eigenvalue weighted by atomic mass is 19.4. The molecule has 2 rings (SSSR count). The first kappa shape index (κ1) is 15.8. The molecule has 3 nitrogen and oxygen atoms in total. The van der Waals surface area contributed by atoms with Crippen molar-refractivity contribution in [2.75, 3.05) is 14.2 Å². The summed E-state index contributed by atoms with van der Waals surface area (Å²) in [5, 5.41) is 1.12. The summed E-state index contributed by atoms with van der Waals surface area (Å²) in [5.74, 6) is -0.227. The molecule has 0 N–H and O–H groups in total. The van der Waals surface area contributed by atoms with Crippen LogP contribution in [-0.2, 0) is 21.2 Å². The molecule has 0 spiro atoms. The molecule has 0 aliphatic heterocycles. The summed E-state index contributed by atoms with van der Waals surface area (Å²) in [6.07, 6.45) is -1.84. The molecule has 1 amide bonds. The van der Waals surface area contributed by atoms with Crippen LogP contribution < -0.4 is 0 Å². The van der Waals surface area contributed by atoms with Crippen LogP contribution in [0.1, 0.15) is 36.8 Å². The van der Waals surface area contributed by atoms with Gasteiger partial charge in [-0.25, -0.2) is 5.06 Å². The Morgan fingerprint density at radius 2 is 2.05 bits per heavy atom. The quantitative estimate of drug-likeness (QED) is 0.796. The first-order valence-corrected chi connectivity index (χ1v) is 6.77. The summed E-state index contributed by atoms with van der Waals surface area (Å²) < 4.78 is 38.5. The molecule has 0 heterocycles. The Morgan fingerprint density at radius 1 is 1.38 bits per heavy atom. The molecule has 116 valence electrons. The highest BCUT2D eigenvalue weighted by molar-refractivity contribution is 5.76. The van der Waals surface area contributed by atoms with Crippen LogP contribution in [0.15, 0.2) is 24.3 Å². The van der Waals surface area contributed by atoms with E-state index in [9.17, 15) is 18.0 Å². The van der Waals surface area contributed by atoms with E-state index in [1.165, 1.54) is 26.3 Å². The van der Waals surface area contributed by atoms with Crippen molar-refractivity contribution in [2.24, 2.45) is 0 Å². The van der Waals surface area contributed by atoms with Crippen molar-refractivity contribution in [1.82, 2.24) is 5.06 Å². The number of amides is 1. The third-order valence-electron chi connectivity index (χ3n) is 4.23. The largest absolute Gasteiger partial charge is 0.416 e. The first-order valence-electron chi connectivity index (χ1n) is 6.77. The second kappa shape index (κ2) is 5.67. The zero-order valence-electron chi connectivity index (χ0n) is 12.0. The number of carbonyl (C=O) groups excluding carboxylic acids is 1. The van der Waals surface area contributed by atoms with Gasteiger partial charge < -0.3 is 0 Å². The van der Waals surface area contributed by atoms with Crippen LogP contribution in [0.25, 0.3) is 0 Å². The maximum absolute atomic E-state index is 12.8. The predicted octanol–water partition coefficient (Wildman–Crippen LogP) is 3.54. The van der Waals surface area contributed by atoms with Gasteiger partial charge in [-0.3, -0.25) is 9.63 Å². The van der Waals surface area contributed by atoms with Gasteiger partial charge in [-0.1, -0.05) is 24.6 Å². The summed E-state index contributed by atoms with van der Waals surface area (Å²) in [4.78, 5) is 16.9. The van der Waals surface area contributed by atoms with Gasteiger partial charge in [0.1, 0.15) is 0 Å². The second-order valence-corrected chi connectivity index (χ2v) is 5.46. The normalized spacial score (nSPS) is 17.2. The molecule has 0 radical (unpaired) electrons. The second-order valence-electron chi connectivity index (χ2n) is 5.46. The number of hydroxylamine groups is 2. The molecule has 1 aromatic rings. The van der Waals surface area contributed by atoms with Crippen molar-refractivity contribution < 1.29 is 22.8 Å². The smallest absolute Gasteiger partial charge is 0.275 e. The van der Waals surface area contributed by atoms with Crippen molar-refractivity contribution in [3.8, 4) is 0 Å². The summed E-state index contributed by atoms with van der Waals surface area (Å²) >= 11 is 0. The number of alkyl halides is 3. The Balaban J connectivity index is 2.27. The number of halogens is 3. The maximum atomic E-state index is 12.8. The van der Waals surface area contributed by atoms with Crippen LogP contribution in [0.4, 0.5) is 13.2 Å². The molecule has 1 fully saturated rings. The number of rotatable bonds is 4. The van der Waals surface area contributed by atoms with E-state index in [1.54, 1.807) is 6.07 Å². The van der Waals surface area contributed by atoms with Crippen LogP contribution in [0, 0.1) is 0 Å². The van der Waals surface area contributed by atoms with Gasteiger partial charge in [-0.05, 0) is 24.5 Å². The van der Waals surface area contributed by atoms with E-state index in [4.69, 9.17) is 4.84 Å². The monoisotopic (exact) mass is 301 g/mol. The summed E-state index contributed by atoms with van der Waals surface area (Å²) in [5.41, 5.74) is -0.578. The molecular formula is C15H18F3NO2. The fraction of sp³-hybridized carbons (Fsp3) is 0.533. The van der Waals surface area contributed by atoms with E-state index >= 15 is 0 Å². The maximum Gasteiger partial charge on any atom is 0.416 e. The molecule has 0 bridgehead atoms. The molecule has 0 unspecified atom stereocenters. The molecule has 1 aliphatic rings. The molecule has 21 heavy (non-hydrogen) atoms.